The highest BCUT2D eigenvalue weighted by molar-refractivity contribution is 8.76. The molecular weight excluding hydrogens is 1610 g/mol. The van der Waals surface area contributed by atoms with Gasteiger partial charge in [0.25, 0.3) is 0 Å². The van der Waals surface area contributed by atoms with Gasteiger partial charge in [-0.25, -0.2) is 19.2 Å². The number of allylic oxidation sites excluding steroid dienone is 4. The Bertz CT molecular complexity index is 3560. The van der Waals surface area contributed by atoms with Crippen LogP contribution in [0, 0.1) is 5.41 Å². The molecule has 3 aliphatic heterocycles. The Balaban J connectivity index is 0.00000159. The average Bonchev–Trinajstić information content (AvgIpc) is 0.905. The summed E-state index contributed by atoms with van der Waals surface area (Å²) in [6, 6.07) is -14.2. The molecule has 0 aromatic rings. The van der Waals surface area contributed by atoms with Crippen LogP contribution in [0.3, 0.4) is 0 Å². The van der Waals surface area contributed by atoms with E-state index in [0.29, 0.717) is 12.8 Å². The van der Waals surface area contributed by atoms with Crippen molar-refractivity contribution >= 4 is 134 Å². The maximum absolute atomic E-state index is 12.8. The molecule has 0 saturated carbocycles. The summed E-state index contributed by atoms with van der Waals surface area (Å²) in [6.07, 6.45) is 15.3. The molecule has 18 unspecified atom stereocenters. The number of carbonyl (C=O) groups excluding carboxylic acids is 19. The van der Waals surface area contributed by atoms with E-state index in [1.807, 2.05) is 45.1 Å². The number of nitrogens with two attached hydrogens (primary N) is 1. The molecule has 0 spiro atoms. The van der Waals surface area contributed by atoms with Gasteiger partial charge in [-0.15, -0.1) is 0 Å². The topological polar surface area (TPSA) is 568 Å². The molecule has 3 heterocycles. The Morgan fingerprint density at radius 3 is 1.39 bits per heavy atom. The molecule has 0 aliphatic carbocycles. The molecule has 0 radical (unpaired) electrons. The third kappa shape index (κ3) is 44.2. The van der Waals surface area contributed by atoms with Crippen molar-refractivity contribution in [2.75, 3.05) is 25.7 Å². The highest BCUT2D eigenvalue weighted by atomic mass is 33.1. The van der Waals surface area contributed by atoms with Crippen molar-refractivity contribution in [2.45, 2.75) is 317 Å². The summed E-state index contributed by atoms with van der Waals surface area (Å²) in [4.78, 5) is 233. The summed E-state index contributed by atoms with van der Waals surface area (Å²) in [5.74, 6) is -9.15. The summed E-state index contributed by atoms with van der Waals surface area (Å²) in [6.45, 7) is 30.9. The van der Waals surface area contributed by atoms with E-state index in [1.165, 1.54) is 101 Å². The first-order valence-electron chi connectivity index (χ1n) is 40.3. The largest absolute Gasteiger partial charge is 0.467 e. The van der Waals surface area contributed by atoms with Gasteiger partial charge in [-0.3, -0.25) is 71.9 Å². The van der Waals surface area contributed by atoms with Crippen LogP contribution < -0.4 is 85.5 Å². The van der Waals surface area contributed by atoms with Crippen LogP contribution in [0.2, 0.25) is 0 Å². The number of esters is 4. The van der Waals surface area contributed by atoms with Crippen molar-refractivity contribution in [2.24, 2.45) is 11.1 Å². The molecule has 39 nitrogen and oxygen atoms in total. The molecule has 0 aromatic heterocycles. The Labute approximate surface area is 711 Å². The molecule has 678 valence electrons. The highest BCUT2D eigenvalue weighted by Crippen LogP contribution is 2.25. The maximum atomic E-state index is 12.8. The van der Waals surface area contributed by atoms with Gasteiger partial charge in [0.2, 0.25) is 88.6 Å². The predicted molar refractivity (Wildman–Crippen MR) is 449 cm³/mol. The van der Waals surface area contributed by atoms with Crippen LogP contribution in [0.15, 0.2) is 36.5 Å². The van der Waals surface area contributed by atoms with Crippen LogP contribution in [-0.2, 0) is 110 Å². The minimum Gasteiger partial charge on any atom is -0.467 e. The quantitative estimate of drug-likeness (QED) is 0.0232. The first kappa shape index (κ1) is 110. The molecule has 2 fully saturated rings. The molecule has 0 aromatic carbocycles. The van der Waals surface area contributed by atoms with E-state index in [9.17, 15) is 91.1 Å². The lowest BCUT2D eigenvalue weighted by molar-refractivity contribution is -0.152. The monoisotopic (exact) mass is 1740 g/mol. The van der Waals surface area contributed by atoms with Crippen molar-refractivity contribution in [1.29, 1.82) is 0 Å². The molecular formula is C79H132N16O23S2. The van der Waals surface area contributed by atoms with Gasteiger partial charge in [0.05, 0.1) is 33.1 Å². The molecule has 17 N–H and O–H groups in total. The van der Waals surface area contributed by atoms with E-state index >= 15 is 0 Å². The van der Waals surface area contributed by atoms with Gasteiger partial charge < -0.3 is 104 Å². The summed E-state index contributed by atoms with van der Waals surface area (Å²) in [7, 11) is 5.44. The molecule has 2 bridgehead atoms. The van der Waals surface area contributed by atoms with Gasteiger partial charge in [0.1, 0.15) is 103 Å². The zero-order chi connectivity index (χ0) is 91.9. The van der Waals surface area contributed by atoms with E-state index in [4.69, 9.17) is 15.2 Å². The highest BCUT2D eigenvalue weighted by Gasteiger charge is 2.35. The second-order valence-electron chi connectivity index (χ2n) is 29.6. The van der Waals surface area contributed by atoms with Gasteiger partial charge in [-0.1, -0.05) is 107 Å². The fourth-order valence-electron chi connectivity index (χ4n) is 10.3. The molecule has 18 atom stereocenters. The first-order chi connectivity index (χ1) is 56.2. The molecule has 3 aliphatic rings. The fraction of sp³-hybridized carbons (Fsp3) is 0.684. The Hall–Kier alpha value is -10.2. The van der Waals surface area contributed by atoms with Gasteiger partial charge in [-0.2, -0.15) is 0 Å². The molecule has 15 amide bonds. The predicted octanol–water partition coefficient (Wildman–Crippen LogP) is -0.149. The summed E-state index contributed by atoms with van der Waals surface area (Å²) < 4.78 is 19.9. The summed E-state index contributed by atoms with van der Waals surface area (Å²) >= 11 is 0. The molecule has 2 saturated heterocycles. The normalized spacial score (nSPS) is 23.6. The maximum Gasteiger partial charge on any atom is 0.328 e. The fourth-order valence-corrected chi connectivity index (χ4v) is 12.6. The number of cyclic esters (lactones) is 1. The van der Waals surface area contributed by atoms with Crippen LogP contribution in [0.25, 0.3) is 0 Å². The van der Waals surface area contributed by atoms with Crippen LogP contribution >= 0.6 is 21.6 Å². The van der Waals surface area contributed by atoms with Crippen LogP contribution in [-0.4, -0.2) is 247 Å². The number of hydrogen-bond acceptors (Lipinski definition) is 26. The molecule has 120 heavy (non-hydrogen) atoms. The van der Waals surface area contributed by atoms with Crippen LogP contribution in [0.1, 0.15) is 209 Å². The number of methoxy groups -OCH3 is 2. The van der Waals surface area contributed by atoms with Crippen molar-refractivity contribution in [3.05, 3.63) is 36.5 Å². The lowest BCUT2D eigenvalue weighted by Gasteiger charge is -2.25. The lowest BCUT2D eigenvalue weighted by Crippen LogP contribution is -2.57. The second-order valence-corrected chi connectivity index (χ2v) is 32.3. The second kappa shape index (κ2) is 57.9. The minimum atomic E-state index is -0.981. The Kier molecular flexibility index (Phi) is 53.0. The zero-order valence-electron chi connectivity index (χ0n) is 73.0. The third-order valence-corrected chi connectivity index (χ3v) is 20.3. The van der Waals surface area contributed by atoms with E-state index < -0.39 is 215 Å². The summed E-state index contributed by atoms with van der Waals surface area (Å²) in [5.41, 5.74) is 5.09. The van der Waals surface area contributed by atoms with Crippen LogP contribution in [0.5, 0.6) is 0 Å². The van der Waals surface area contributed by atoms with Gasteiger partial charge in [0.15, 0.2) is 0 Å². The van der Waals surface area contributed by atoms with Crippen molar-refractivity contribution < 1.29 is 110 Å². The summed E-state index contributed by atoms with van der Waals surface area (Å²) in [5, 5.41) is 38.1. The van der Waals surface area contributed by atoms with E-state index in [0.717, 1.165) is 44.3 Å². The first-order valence-corrected chi connectivity index (χ1v) is 42.8. The third-order valence-electron chi connectivity index (χ3n) is 17.8. The Morgan fingerprint density at radius 2 is 0.917 bits per heavy atom. The molecule has 3 rings (SSSR count). The van der Waals surface area contributed by atoms with Crippen LogP contribution in [0.4, 0.5) is 0 Å². The minimum absolute atomic E-state index is 0.175. The number of unbranched alkanes of at least 4 members (excludes halogenated alkanes) is 2. The van der Waals surface area contributed by atoms with Gasteiger partial charge >= 0.3 is 23.9 Å². The number of rotatable bonds is 26. The molecule has 41 heteroatoms. The number of amides is 15. The SMILES string of the molecule is CC1NC(=O)CC2/C=C/CCCSSCC(NC1=O)C(=O)NC(C)C(=O)NC(C)C(=O)O2.CCC(NC(=O)C(C)N)C(=O)NC(C)C(=O)NC(C)C(=O)OC.CCC/C=C/C(C)(C)CC(=O)NC(C)C(=O)NC(CC)C(=O)NC(C)C(=O)NC(C)C(=O)OC.CCC/C=C/C1CC(=O)NC(C)C(=O)NC(CC)C(=O)NC(C)C(=O)NC(C)C(=O)O1. The van der Waals surface area contributed by atoms with Crippen molar-refractivity contribution in [3.8, 4) is 0 Å². The van der Waals surface area contributed by atoms with E-state index in [-0.39, 0.29) is 42.8 Å². The zero-order valence-corrected chi connectivity index (χ0v) is 74.7. The number of ether oxygens (including phenoxy) is 4. The number of carbonyl (C=O) groups is 19. The average molecular weight is 1740 g/mol. The van der Waals surface area contributed by atoms with Crippen molar-refractivity contribution in [1.82, 2.24) is 79.8 Å². The van der Waals surface area contributed by atoms with Crippen molar-refractivity contribution in [3.63, 3.8) is 0 Å². The standard InChI is InChI=1S/C24H42N4O6.C21H34N4O6.C20H30N4O6S2.C14H26N4O5/c1-9-11-12-13-24(6,7)14-19(29)25-15(3)21(31)28-18(10-2)22(32)26-16(4)20(30)27-17(5)23(33)34-8;1-6-8-9-10-15-11-17(26)22-12(3)19(28)25-16(7-2)20(29)23-13(4)18(27)24-14(5)21(30)31-15;1-11-18(27)24-15-10-32-31-8-6-4-5-7-14(9-16(25)21-11)30-20(29)13(3)23-17(26)12(2)22-19(15)28;1-6-10(18-11(19)7(2)15)13(21)16-8(3)12(20)17-9(4)14(22)23-5/h12-13,15-18H,9-11,14H2,1-8H3,(H,25,29)(H,26,32)(H,27,30)(H,28,31);9-10,12-16H,6-8,11H2,1-5H3,(H,22,26)(H,23,29)(H,24,27)(H,25,28);5,7,11-15H,4,6,8-10H2,1-3H3,(H,21,25)(H,22,28)(H,23,26)(H,24,27);7-10H,6,15H2,1-5H3,(H,16,21)(H,17,20)(H,18,19)/b13-12+;10-9+;7-5+;. The smallest absolute Gasteiger partial charge is 0.328 e. The van der Waals surface area contributed by atoms with Gasteiger partial charge in [0, 0.05) is 17.9 Å². The van der Waals surface area contributed by atoms with Gasteiger partial charge in [-0.05, 0) is 146 Å². The number of hydrogen-bond donors (Lipinski definition) is 16. The lowest BCUT2D eigenvalue weighted by atomic mass is 9.88. The van der Waals surface area contributed by atoms with E-state index in [1.54, 1.807) is 50.6 Å². The number of nitrogens with one attached hydrogen (secondary N) is 15. The number of fused-ring (bicyclic) bond motifs is 7. The van der Waals surface area contributed by atoms with E-state index in [2.05, 4.69) is 96.1 Å². The Morgan fingerprint density at radius 1 is 0.500 bits per heavy atom.